The lowest BCUT2D eigenvalue weighted by atomic mass is 10.2. The summed E-state index contributed by atoms with van der Waals surface area (Å²) in [5.41, 5.74) is 0.414. The Bertz CT molecular complexity index is 792. The van der Waals surface area contributed by atoms with E-state index in [2.05, 4.69) is 35.9 Å². The van der Waals surface area contributed by atoms with Crippen molar-refractivity contribution >= 4 is 33.3 Å². The average Bonchev–Trinajstić information content (AvgIpc) is 2.63. The topological polar surface area (TPSA) is 57.7 Å². The maximum Gasteiger partial charge on any atom is 0.573 e. The number of amides is 1. The summed E-state index contributed by atoms with van der Waals surface area (Å²) in [6.45, 7) is 3.15. The first kappa shape index (κ1) is 20.4. The maximum atomic E-state index is 12.2. The zero-order valence-electron chi connectivity index (χ0n) is 14.7. The minimum absolute atomic E-state index is 0.211. The fourth-order valence-electron chi connectivity index (χ4n) is 2.83. The molecule has 1 aromatic heterocycles. The third-order valence-corrected chi connectivity index (χ3v) is 4.62. The van der Waals surface area contributed by atoms with Crippen molar-refractivity contribution in [2.75, 3.05) is 42.9 Å². The molecule has 150 valence electrons. The van der Waals surface area contributed by atoms with Gasteiger partial charge in [-0.15, -0.1) is 13.2 Å². The quantitative estimate of drug-likeness (QED) is 0.742. The molecule has 2 aromatic rings. The van der Waals surface area contributed by atoms with E-state index in [9.17, 15) is 18.0 Å². The van der Waals surface area contributed by atoms with Crippen LogP contribution in [0.1, 0.15) is 0 Å². The molecular formula is C18H18BrF3N4O2. The lowest BCUT2D eigenvalue weighted by molar-refractivity contribution is -0.274. The highest BCUT2D eigenvalue weighted by atomic mass is 79.9. The van der Waals surface area contributed by atoms with Crippen LogP contribution < -0.4 is 15.0 Å². The monoisotopic (exact) mass is 458 g/mol. The highest BCUT2D eigenvalue weighted by Crippen LogP contribution is 2.24. The Balaban J connectivity index is 1.45. The van der Waals surface area contributed by atoms with Crippen LogP contribution in [0.2, 0.25) is 0 Å². The van der Waals surface area contributed by atoms with E-state index in [1.165, 1.54) is 12.1 Å². The van der Waals surface area contributed by atoms with Crippen LogP contribution in [-0.4, -0.2) is 54.9 Å². The van der Waals surface area contributed by atoms with Crippen molar-refractivity contribution in [3.63, 3.8) is 0 Å². The van der Waals surface area contributed by atoms with Crippen molar-refractivity contribution in [2.24, 2.45) is 0 Å². The van der Waals surface area contributed by atoms with Crippen LogP contribution in [0.5, 0.6) is 5.75 Å². The number of alkyl halides is 3. The number of benzene rings is 1. The molecule has 3 rings (SSSR count). The lowest BCUT2D eigenvalue weighted by Gasteiger charge is -2.35. The van der Waals surface area contributed by atoms with Crippen LogP contribution in [0.3, 0.4) is 0 Å². The van der Waals surface area contributed by atoms with Gasteiger partial charge in [0, 0.05) is 42.5 Å². The van der Waals surface area contributed by atoms with Crippen LogP contribution in [0, 0.1) is 0 Å². The molecule has 6 nitrogen and oxygen atoms in total. The molecule has 28 heavy (non-hydrogen) atoms. The van der Waals surface area contributed by atoms with E-state index in [0.717, 1.165) is 35.5 Å². The van der Waals surface area contributed by atoms with Gasteiger partial charge in [-0.25, -0.2) is 4.98 Å². The SMILES string of the molecule is O=C(CN1CCN(c2ccc(Br)cn2)CC1)Nc1ccc(OC(F)(F)F)cc1. The minimum Gasteiger partial charge on any atom is -0.406 e. The number of nitrogens with one attached hydrogen (secondary N) is 1. The van der Waals surface area contributed by atoms with Gasteiger partial charge in [0.1, 0.15) is 11.6 Å². The highest BCUT2D eigenvalue weighted by Gasteiger charge is 2.31. The molecule has 1 aromatic carbocycles. The third-order valence-electron chi connectivity index (χ3n) is 4.15. The number of pyridine rings is 1. The molecule has 2 heterocycles. The normalized spacial score (nSPS) is 15.4. The van der Waals surface area contributed by atoms with Gasteiger partial charge in [0.25, 0.3) is 0 Å². The predicted octanol–water partition coefficient (Wildman–Crippen LogP) is 3.50. The molecule has 1 N–H and O–H groups in total. The molecule has 0 bridgehead atoms. The Labute approximate surface area is 168 Å². The summed E-state index contributed by atoms with van der Waals surface area (Å²) in [6, 6.07) is 8.94. The number of ether oxygens (including phenoxy) is 1. The average molecular weight is 459 g/mol. The Hall–Kier alpha value is -2.33. The fourth-order valence-corrected chi connectivity index (χ4v) is 3.07. The van der Waals surface area contributed by atoms with Gasteiger partial charge >= 0.3 is 6.36 Å². The van der Waals surface area contributed by atoms with E-state index >= 15 is 0 Å². The highest BCUT2D eigenvalue weighted by molar-refractivity contribution is 9.10. The van der Waals surface area contributed by atoms with Gasteiger partial charge in [-0.3, -0.25) is 9.69 Å². The van der Waals surface area contributed by atoms with Crippen LogP contribution in [0.4, 0.5) is 24.7 Å². The number of anilines is 2. The minimum atomic E-state index is -4.74. The van der Waals surface area contributed by atoms with Crippen LogP contribution in [0.25, 0.3) is 0 Å². The number of halogens is 4. The molecule has 0 aliphatic carbocycles. The summed E-state index contributed by atoms with van der Waals surface area (Å²) in [5.74, 6) is 0.344. The van der Waals surface area contributed by atoms with E-state index in [-0.39, 0.29) is 18.2 Å². The van der Waals surface area contributed by atoms with E-state index in [1.807, 2.05) is 17.0 Å². The molecule has 0 saturated carbocycles. The maximum absolute atomic E-state index is 12.2. The van der Waals surface area contributed by atoms with Gasteiger partial charge in [0.2, 0.25) is 5.91 Å². The number of nitrogens with zero attached hydrogens (tertiary/aromatic N) is 3. The van der Waals surface area contributed by atoms with Crippen LogP contribution in [-0.2, 0) is 4.79 Å². The molecular weight excluding hydrogens is 441 g/mol. The smallest absolute Gasteiger partial charge is 0.406 e. The second-order valence-electron chi connectivity index (χ2n) is 6.22. The van der Waals surface area contributed by atoms with Crippen LogP contribution in [0.15, 0.2) is 47.1 Å². The molecule has 0 spiro atoms. The first-order valence-corrected chi connectivity index (χ1v) is 9.32. The van der Waals surface area contributed by atoms with Crippen molar-refractivity contribution in [2.45, 2.75) is 6.36 Å². The Morgan fingerprint density at radius 1 is 1.11 bits per heavy atom. The zero-order valence-corrected chi connectivity index (χ0v) is 16.3. The van der Waals surface area contributed by atoms with Crippen molar-refractivity contribution in [3.05, 3.63) is 47.1 Å². The van der Waals surface area contributed by atoms with E-state index in [1.54, 1.807) is 6.20 Å². The van der Waals surface area contributed by atoms with Gasteiger partial charge in [-0.2, -0.15) is 0 Å². The number of hydrogen-bond acceptors (Lipinski definition) is 5. The molecule has 10 heteroatoms. The van der Waals surface area contributed by atoms with Crippen LogP contribution >= 0.6 is 15.9 Å². The number of rotatable bonds is 5. The number of carbonyl (C=O) groups is 1. The number of carbonyl (C=O) groups excluding carboxylic acids is 1. The molecule has 1 saturated heterocycles. The zero-order chi connectivity index (χ0) is 20.1. The largest absolute Gasteiger partial charge is 0.573 e. The molecule has 1 fully saturated rings. The molecule has 1 aliphatic rings. The van der Waals surface area contributed by atoms with Gasteiger partial charge in [0.15, 0.2) is 0 Å². The molecule has 1 aliphatic heterocycles. The Morgan fingerprint density at radius 3 is 2.36 bits per heavy atom. The summed E-state index contributed by atoms with van der Waals surface area (Å²) in [5, 5.41) is 2.68. The van der Waals surface area contributed by atoms with Gasteiger partial charge in [0.05, 0.1) is 6.54 Å². The van der Waals surface area contributed by atoms with E-state index in [4.69, 9.17) is 0 Å². The predicted molar refractivity (Wildman–Crippen MR) is 102 cm³/mol. The summed E-state index contributed by atoms with van der Waals surface area (Å²) >= 11 is 3.36. The van der Waals surface area contributed by atoms with Crippen molar-refractivity contribution < 1.29 is 22.7 Å². The van der Waals surface area contributed by atoms with Gasteiger partial charge in [-0.1, -0.05) is 0 Å². The fraction of sp³-hybridized carbons (Fsp3) is 0.333. The number of aromatic nitrogens is 1. The Morgan fingerprint density at radius 2 is 1.79 bits per heavy atom. The van der Waals surface area contributed by atoms with Crippen molar-refractivity contribution in [3.8, 4) is 5.75 Å². The molecule has 0 unspecified atom stereocenters. The van der Waals surface area contributed by atoms with Crippen molar-refractivity contribution in [1.82, 2.24) is 9.88 Å². The Kier molecular flexibility index (Phi) is 6.40. The summed E-state index contributed by atoms with van der Waals surface area (Å²) in [6.07, 6.45) is -2.99. The first-order valence-electron chi connectivity index (χ1n) is 8.53. The number of hydrogen-bond donors (Lipinski definition) is 1. The van der Waals surface area contributed by atoms with E-state index in [0.29, 0.717) is 18.8 Å². The van der Waals surface area contributed by atoms with Gasteiger partial charge < -0.3 is 15.0 Å². The van der Waals surface area contributed by atoms with Gasteiger partial charge in [-0.05, 0) is 52.3 Å². The first-order chi connectivity index (χ1) is 13.3. The lowest BCUT2D eigenvalue weighted by Crippen LogP contribution is -2.48. The second kappa shape index (κ2) is 8.78. The third kappa shape index (κ3) is 6.10. The molecule has 0 radical (unpaired) electrons. The van der Waals surface area contributed by atoms with E-state index < -0.39 is 6.36 Å². The summed E-state index contributed by atoms with van der Waals surface area (Å²) in [4.78, 5) is 20.7. The second-order valence-corrected chi connectivity index (χ2v) is 7.13. The van der Waals surface area contributed by atoms with Crippen molar-refractivity contribution in [1.29, 1.82) is 0 Å². The standard InChI is InChI=1S/C18H18BrF3N4O2/c19-13-1-6-16(23-11-13)26-9-7-25(8-10-26)12-17(27)24-14-2-4-15(5-3-14)28-18(20,21)22/h1-6,11H,7-10,12H2,(H,24,27). The molecule has 0 atom stereocenters. The summed E-state index contributed by atoms with van der Waals surface area (Å²) < 4.78 is 41.2. The molecule has 1 amide bonds. The summed E-state index contributed by atoms with van der Waals surface area (Å²) in [7, 11) is 0. The number of piperazine rings is 1.